The minimum atomic E-state index is -0.550. The molecule has 1 aromatic heterocycles. The van der Waals surface area contributed by atoms with Crippen LogP contribution in [0.2, 0.25) is 0 Å². The summed E-state index contributed by atoms with van der Waals surface area (Å²) in [4.78, 5) is 11.2. The monoisotopic (exact) mass is 246 g/mol. The number of carbonyl (C=O) groups excluding carboxylic acids is 1. The van der Waals surface area contributed by atoms with Crippen molar-refractivity contribution in [2.24, 2.45) is 12.8 Å². The second-order valence-electron chi connectivity index (χ2n) is 3.89. The van der Waals surface area contributed by atoms with E-state index < -0.39 is 5.91 Å². The molecule has 18 heavy (non-hydrogen) atoms. The van der Waals surface area contributed by atoms with E-state index in [1.807, 2.05) is 19.3 Å². The Kier molecular flexibility index (Phi) is 3.18. The maximum atomic E-state index is 11.2. The minimum Gasteiger partial charge on any atom is -0.486 e. The topological polar surface area (TPSA) is 96.2 Å². The van der Waals surface area contributed by atoms with Gasteiger partial charge >= 0.3 is 0 Å². The van der Waals surface area contributed by atoms with Gasteiger partial charge in [-0.3, -0.25) is 9.48 Å². The number of amides is 1. The third kappa shape index (κ3) is 2.60. The molecule has 6 heteroatoms. The Bertz CT molecular complexity index is 577. The first kappa shape index (κ1) is 12.0. The van der Waals surface area contributed by atoms with E-state index in [0.29, 0.717) is 17.0 Å². The number of nitrogens with zero attached hydrogens (tertiary/aromatic N) is 2. The van der Waals surface area contributed by atoms with Crippen LogP contribution in [0.3, 0.4) is 0 Å². The minimum absolute atomic E-state index is 0.255. The Morgan fingerprint density at radius 2 is 2.22 bits per heavy atom. The smallest absolute Gasteiger partial charge is 0.252 e. The van der Waals surface area contributed by atoms with Gasteiger partial charge in [0, 0.05) is 25.0 Å². The van der Waals surface area contributed by atoms with E-state index in [-0.39, 0.29) is 6.61 Å². The molecule has 0 bridgehead atoms. The zero-order chi connectivity index (χ0) is 13.1. The molecule has 2 aromatic rings. The summed E-state index contributed by atoms with van der Waals surface area (Å²) in [5.74, 6) is -0.181. The van der Waals surface area contributed by atoms with E-state index >= 15 is 0 Å². The maximum absolute atomic E-state index is 11.2. The van der Waals surface area contributed by atoms with E-state index in [0.717, 1.165) is 5.69 Å². The first-order valence-electron chi connectivity index (χ1n) is 5.37. The van der Waals surface area contributed by atoms with Crippen LogP contribution in [0, 0.1) is 0 Å². The molecule has 6 nitrogen and oxygen atoms in total. The molecule has 0 aliphatic rings. The molecule has 0 saturated heterocycles. The summed E-state index contributed by atoms with van der Waals surface area (Å²) in [5, 5.41) is 4.17. The van der Waals surface area contributed by atoms with Crippen molar-refractivity contribution in [3.05, 3.63) is 41.7 Å². The van der Waals surface area contributed by atoms with Gasteiger partial charge in [0.1, 0.15) is 12.4 Å². The Morgan fingerprint density at radius 3 is 2.83 bits per heavy atom. The molecule has 0 aliphatic heterocycles. The fraction of sp³-hybridized carbons (Fsp3) is 0.167. The number of aryl methyl sites for hydroxylation is 1. The van der Waals surface area contributed by atoms with Crippen molar-refractivity contribution < 1.29 is 9.53 Å². The van der Waals surface area contributed by atoms with Crippen molar-refractivity contribution in [1.29, 1.82) is 0 Å². The van der Waals surface area contributed by atoms with E-state index in [1.54, 1.807) is 22.9 Å². The standard InChI is InChI=1S/C12H14N4O2/c1-16-5-4-9(15-16)7-18-11-6-8(13)2-3-10(11)12(14)17/h2-6H,7,13H2,1H3,(H2,14,17). The number of nitrogens with two attached hydrogens (primary N) is 2. The van der Waals surface area contributed by atoms with Gasteiger partial charge in [0.25, 0.3) is 5.91 Å². The number of aromatic nitrogens is 2. The van der Waals surface area contributed by atoms with E-state index in [9.17, 15) is 4.79 Å². The zero-order valence-corrected chi connectivity index (χ0v) is 9.96. The van der Waals surface area contributed by atoms with E-state index in [4.69, 9.17) is 16.2 Å². The molecule has 0 radical (unpaired) electrons. The van der Waals surface area contributed by atoms with Crippen LogP contribution >= 0.6 is 0 Å². The van der Waals surface area contributed by atoms with Gasteiger partial charge in [0.05, 0.1) is 11.3 Å². The van der Waals surface area contributed by atoms with Crippen molar-refractivity contribution in [2.45, 2.75) is 6.61 Å². The predicted octanol–water partition coefficient (Wildman–Crippen LogP) is 0.680. The van der Waals surface area contributed by atoms with Crippen LogP contribution in [0.25, 0.3) is 0 Å². The number of hydrogen-bond donors (Lipinski definition) is 2. The normalized spacial score (nSPS) is 10.3. The van der Waals surface area contributed by atoms with Crippen LogP contribution in [0.1, 0.15) is 16.1 Å². The maximum Gasteiger partial charge on any atom is 0.252 e. The summed E-state index contributed by atoms with van der Waals surface area (Å²) >= 11 is 0. The Hall–Kier alpha value is -2.50. The second kappa shape index (κ2) is 4.79. The van der Waals surface area contributed by atoms with Crippen molar-refractivity contribution in [3.8, 4) is 5.75 Å². The molecule has 94 valence electrons. The van der Waals surface area contributed by atoms with Crippen LogP contribution in [0.4, 0.5) is 5.69 Å². The molecular weight excluding hydrogens is 232 g/mol. The highest BCUT2D eigenvalue weighted by atomic mass is 16.5. The summed E-state index contributed by atoms with van der Waals surface area (Å²) in [6.45, 7) is 0.255. The highest BCUT2D eigenvalue weighted by Gasteiger charge is 2.10. The van der Waals surface area contributed by atoms with E-state index in [1.165, 1.54) is 0 Å². The number of ether oxygens (including phenoxy) is 1. The second-order valence-corrected chi connectivity index (χ2v) is 3.89. The number of rotatable bonds is 4. The third-order valence-electron chi connectivity index (χ3n) is 2.42. The molecule has 1 heterocycles. The Morgan fingerprint density at radius 1 is 1.44 bits per heavy atom. The summed E-state index contributed by atoms with van der Waals surface area (Å²) in [5.41, 5.74) is 12.5. The fourth-order valence-corrected chi connectivity index (χ4v) is 1.55. The molecule has 2 rings (SSSR count). The van der Waals surface area contributed by atoms with Gasteiger partial charge in [-0.15, -0.1) is 0 Å². The van der Waals surface area contributed by atoms with Crippen molar-refractivity contribution in [1.82, 2.24) is 9.78 Å². The molecule has 0 unspecified atom stereocenters. The Labute approximate surface area is 104 Å². The SMILES string of the molecule is Cn1ccc(COc2cc(N)ccc2C(N)=O)n1. The largest absolute Gasteiger partial charge is 0.486 e. The lowest BCUT2D eigenvalue weighted by molar-refractivity contribution is 0.0996. The van der Waals surface area contributed by atoms with Gasteiger partial charge < -0.3 is 16.2 Å². The molecule has 1 amide bonds. The first-order valence-corrected chi connectivity index (χ1v) is 5.37. The average Bonchev–Trinajstić information content (AvgIpc) is 2.72. The van der Waals surface area contributed by atoms with E-state index in [2.05, 4.69) is 5.10 Å². The molecule has 1 aromatic carbocycles. The summed E-state index contributed by atoms with van der Waals surface area (Å²) in [6.07, 6.45) is 1.81. The lowest BCUT2D eigenvalue weighted by atomic mass is 10.1. The zero-order valence-electron chi connectivity index (χ0n) is 9.96. The molecule has 4 N–H and O–H groups in total. The van der Waals surface area contributed by atoms with Crippen LogP contribution in [-0.4, -0.2) is 15.7 Å². The number of hydrogen-bond acceptors (Lipinski definition) is 4. The first-order chi connectivity index (χ1) is 8.56. The highest BCUT2D eigenvalue weighted by Crippen LogP contribution is 2.22. The molecule has 0 fully saturated rings. The van der Waals surface area contributed by atoms with Crippen molar-refractivity contribution in [2.75, 3.05) is 5.73 Å². The number of benzene rings is 1. The van der Waals surface area contributed by atoms with Gasteiger partial charge in [-0.1, -0.05) is 0 Å². The molecule has 0 atom stereocenters. The number of carbonyl (C=O) groups is 1. The fourth-order valence-electron chi connectivity index (χ4n) is 1.55. The lowest BCUT2D eigenvalue weighted by Crippen LogP contribution is -2.13. The Balaban J connectivity index is 2.17. The highest BCUT2D eigenvalue weighted by molar-refractivity contribution is 5.96. The van der Waals surface area contributed by atoms with Crippen LogP contribution in [-0.2, 0) is 13.7 Å². The van der Waals surface area contributed by atoms with Gasteiger partial charge in [0.15, 0.2) is 0 Å². The van der Waals surface area contributed by atoms with Crippen LogP contribution < -0.4 is 16.2 Å². The van der Waals surface area contributed by atoms with Gasteiger partial charge in [-0.2, -0.15) is 5.10 Å². The van der Waals surface area contributed by atoms with Crippen LogP contribution in [0.5, 0.6) is 5.75 Å². The quantitative estimate of drug-likeness (QED) is 0.775. The molecule has 0 saturated carbocycles. The van der Waals surface area contributed by atoms with Gasteiger partial charge in [0.2, 0.25) is 0 Å². The summed E-state index contributed by atoms with van der Waals surface area (Å²) in [7, 11) is 1.82. The van der Waals surface area contributed by atoms with Crippen molar-refractivity contribution >= 4 is 11.6 Å². The molecule has 0 spiro atoms. The number of anilines is 1. The lowest BCUT2D eigenvalue weighted by Gasteiger charge is -2.09. The van der Waals surface area contributed by atoms with Crippen molar-refractivity contribution in [3.63, 3.8) is 0 Å². The van der Waals surface area contributed by atoms with Gasteiger partial charge in [-0.25, -0.2) is 0 Å². The summed E-state index contributed by atoms with van der Waals surface area (Å²) in [6, 6.07) is 6.55. The molecular formula is C12H14N4O2. The average molecular weight is 246 g/mol. The number of nitrogen functional groups attached to an aromatic ring is 1. The predicted molar refractivity (Wildman–Crippen MR) is 66.9 cm³/mol. The summed E-state index contributed by atoms with van der Waals surface area (Å²) < 4.78 is 7.20. The third-order valence-corrected chi connectivity index (χ3v) is 2.42. The molecule has 0 aliphatic carbocycles. The van der Waals surface area contributed by atoms with Gasteiger partial charge in [-0.05, 0) is 18.2 Å². The number of primary amides is 1. The van der Waals surface area contributed by atoms with Crippen LogP contribution in [0.15, 0.2) is 30.5 Å².